The molecular weight excluding hydrogens is 807 g/mol. The van der Waals surface area contributed by atoms with Crippen LogP contribution in [0.4, 0.5) is 17.3 Å². The van der Waals surface area contributed by atoms with Crippen LogP contribution in [0.15, 0.2) is 200 Å². The molecule has 294 valence electrons. The Morgan fingerprint density at radius 2 is 0.825 bits per heavy atom. The number of fused-ring (bicyclic) bond motifs is 8. The van der Waals surface area contributed by atoms with Crippen molar-refractivity contribution in [3.63, 3.8) is 0 Å². The van der Waals surface area contributed by atoms with E-state index >= 15 is 0 Å². The lowest BCUT2D eigenvalue weighted by atomic mass is 9.96. The van der Waals surface area contributed by atoms with Crippen molar-refractivity contribution in [2.24, 2.45) is 0 Å². The van der Waals surface area contributed by atoms with Gasteiger partial charge in [0.1, 0.15) is 32.7 Å². The Labute approximate surface area is 369 Å². The van der Waals surface area contributed by atoms with Crippen molar-refractivity contribution in [1.82, 2.24) is 19.9 Å². The predicted octanol–water partition coefficient (Wildman–Crippen LogP) is 15.9. The summed E-state index contributed by atoms with van der Waals surface area (Å²) >= 11 is 3.38. The molecule has 7 heteroatoms. The van der Waals surface area contributed by atoms with Crippen LogP contribution in [0.5, 0.6) is 0 Å². The molecule has 4 aromatic heterocycles. The van der Waals surface area contributed by atoms with E-state index in [-0.39, 0.29) is 0 Å². The van der Waals surface area contributed by atoms with Gasteiger partial charge < -0.3 is 0 Å². The molecule has 0 radical (unpaired) electrons. The average molecular weight is 840 g/mol. The fraction of sp³-hybridized carbons (Fsp3) is 0. The molecule has 0 amide bonds. The van der Waals surface area contributed by atoms with Gasteiger partial charge in [0.25, 0.3) is 0 Å². The topological polar surface area (TPSA) is 54.8 Å². The van der Waals surface area contributed by atoms with Crippen LogP contribution < -0.4 is 4.90 Å². The maximum Gasteiger partial charge on any atom is 0.140 e. The van der Waals surface area contributed by atoms with E-state index in [1.165, 1.54) is 59.6 Å². The summed E-state index contributed by atoms with van der Waals surface area (Å²) < 4.78 is 2.11. The van der Waals surface area contributed by atoms with Gasteiger partial charge in [-0.25, -0.2) is 19.9 Å². The monoisotopic (exact) mass is 839 g/mol. The fourth-order valence-corrected chi connectivity index (χ4v) is 11.1. The summed E-state index contributed by atoms with van der Waals surface area (Å²) in [5, 5.41) is 13.9. The van der Waals surface area contributed by atoms with E-state index in [1.807, 2.05) is 12.4 Å². The molecule has 9 aromatic carbocycles. The van der Waals surface area contributed by atoms with Gasteiger partial charge in [0, 0.05) is 28.9 Å². The van der Waals surface area contributed by atoms with Crippen LogP contribution in [0.2, 0.25) is 0 Å². The van der Waals surface area contributed by atoms with E-state index in [0.29, 0.717) is 0 Å². The summed E-state index contributed by atoms with van der Waals surface area (Å²) in [6, 6.07) is 67.3. The molecule has 63 heavy (non-hydrogen) atoms. The maximum absolute atomic E-state index is 5.10. The molecule has 0 aliphatic heterocycles. The molecule has 0 atom stereocenters. The molecule has 0 saturated heterocycles. The number of nitrogens with zero attached hydrogens (tertiary/aromatic N) is 5. The summed E-state index contributed by atoms with van der Waals surface area (Å²) in [4.78, 5) is 22.6. The van der Waals surface area contributed by atoms with Gasteiger partial charge >= 0.3 is 0 Å². The van der Waals surface area contributed by atoms with E-state index in [4.69, 9.17) is 19.9 Å². The van der Waals surface area contributed by atoms with Crippen LogP contribution in [-0.4, -0.2) is 19.9 Å². The van der Waals surface area contributed by atoms with Crippen LogP contribution in [0.25, 0.3) is 107 Å². The van der Waals surface area contributed by atoms with Crippen molar-refractivity contribution in [2.75, 3.05) is 4.90 Å². The quantitative estimate of drug-likeness (QED) is 0.156. The second-order valence-corrected chi connectivity index (χ2v) is 18.0. The third-order valence-electron chi connectivity index (χ3n) is 12.2. The highest BCUT2D eigenvalue weighted by molar-refractivity contribution is 7.22. The minimum absolute atomic E-state index is 0.765. The Morgan fingerprint density at radius 3 is 1.44 bits per heavy atom. The van der Waals surface area contributed by atoms with Gasteiger partial charge in [-0.15, -0.1) is 22.7 Å². The molecule has 5 nitrogen and oxygen atoms in total. The molecule has 0 saturated carbocycles. The number of rotatable bonds is 6. The van der Waals surface area contributed by atoms with Crippen LogP contribution in [-0.2, 0) is 0 Å². The molecule has 0 N–H and O–H groups in total. The van der Waals surface area contributed by atoms with Gasteiger partial charge in [0.15, 0.2) is 0 Å². The van der Waals surface area contributed by atoms with Crippen LogP contribution in [0, 0.1) is 0 Å². The summed E-state index contributed by atoms with van der Waals surface area (Å²) in [5.74, 6) is 1.53. The second-order valence-electron chi connectivity index (χ2n) is 15.9. The molecular formula is C56H33N5S2. The number of hydrogen-bond donors (Lipinski definition) is 0. The van der Waals surface area contributed by atoms with Gasteiger partial charge in [-0.2, -0.15) is 0 Å². The van der Waals surface area contributed by atoms with Gasteiger partial charge in [-0.3, -0.25) is 4.90 Å². The number of thiazole rings is 2. The minimum Gasteiger partial charge on any atom is -0.279 e. The van der Waals surface area contributed by atoms with Crippen LogP contribution >= 0.6 is 22.7 Å². The number of hydrogen-bond acceptors (Lipinski definition) is 7. The first-order valence-corrected chi connectivity index (χ1v) is 22.6. The smallest absolute Gasteiger partial charge is 0.140 e. The Kier molecular flexibility index (Phi) is 8.19. The molecule has 0 spiro atoms. The van der Waals surface area contributed by atoms with Gasteiger partial charge in [0.2, 0.25) is 0 Å². The Bertz CT molecular complexity index is 3790. The molecule has 0 bridgehead atoms. The molecule has 13 aromatic rings. The van der Waals surface area contributed by atoms with Crippen LogP contribution in [0.3, 0.4) is 0 Å². The summed E-state index contributed by atoms with van der Waals surface area (Å²) in [6.45, 7) is 0. The average Bonchev–Trinajstić information content (AvgIpc) is 3.97. The number of anilines is 3. The van der Waals surface area contributed by atoms with Crippen molar-refractivity contribution in [3.8, 4) is 32.3 Å². The van der Waals surface area contributed by atoms with E-state index < -0.39 is 0 Å². The highest BCUT2D eigenvalue weighted by Crippen LogP contribution is 2.42. The highest BCUT2D eigenvalue weighted by Gasteiger charge is 2.21. The predicted molar refractivity (Wildman–Crippen MR) is 267 cm³/mol. The van der Waals surface area contributed by atoms with Crippen molar-refractivity contribution >= 4 is 114 Å². The minimum atomic E-state index is 0.765. The standard InChI is InChI=1S/C56H33N5S2/c1-2-12-37-27-38(20-19-34(37)9-1)39-23-25-45-40(28-39)21-22-41-29-42(24-26-46(41)45)61(53-30-51-49(32-57-53)59-55(62-51)47-17-7-13-35-10-3-5-15-43(35)47)54-31-52-50(33-58-54)60-56(63-52)48-18-8-14-36-11-4-6-16-44(36)48/h1-33H. The maximum atomic E-state index is 5.10. The van der Waals surface area contributed by atoms with Gasteiger partial charge in [-0.1, -0.05) is 152 Å². The van der Waals surface area contributed by atoms with Crippen molar-refractivity contribution in [1.29, 1.82) is 0 Å². The lowest BCUT2D eigenvalue weighted by molar-refractivity contribution is 1.14. The molecule has 0 unspecified atom stereocenters. The number of pyridine rings is 2. The molecule has 4 heterocycles. The van der Waals surface area contributed by atoms with Gasteiger partial charge in [-0.05, 0) is 89.3 Å². The third kappa shape index (κ3) is 6.12. The summed E-state index contributed by atoms with van der Waals surface area (Å²) in [7, 11) is 0. The first-order chi connectivity index (χ1) is 31.2. The van der Waals surface area contributed by atoms with E-state index in [2.05, 4.69) is 193 Å². The normalized spacial score (nSPS) is 11.8. The summed E-state index contributed by atoms with van der Waals surface area (Å²) in [6.07, 6.45) is 3.79. The van der Waals surface area contributed by atoms with E-state index in [1.54, 1.807) is 22.7 Å². The lowest BCUT2D eigenvalue weighted by Crippen LogP contribution is -2.12. The van der Waals surface area contributed by atoms with Crippen LogP contribution in [0.1, 0.15) is 0 Å². The van der Waals surface area contributed by atoms with Crippen molar-refractivity contribution in [2.45, 2.75) is 0 Å². The molecule has 0 aliphatic carbocycles. The lowest BCUT2D eigenvalue weighted by Gasteiger charge is -2.23. The Morgan fingerprint density at radius 1 is 0.349 bits per heavy atom. The molecule has 0 fully saturated rings. The van der Waals surface area contributed by atoms with Crippen molar-refractivity contribution < 1.29 is 0 Å². The van der Waals surface area contributed by atoms with E-state index in [0.717, 1.165) is 64.3 Å². The molecule has 13 rings (SSSR count). The zero-order valence-electron chi connectivity index (χ0n) is 33.6. The zero-order chi connectivity index (χ0) is 41.4. The fourth-order valence-electron chi connectivity index (χ4n) is 9.07. The largest absolute Gasteiger partial charge is 0.279 e. The number of benzene rings is 9. The van der Waals surface area contributed by atoms with E-state index in [9.17, 15) is 0 Å². The third-order valence-corrected chi connectivity index (χ3v) is 14.3. The first kappa shape index (κ1) is 35.9. The zero-order valence-corrected chi connectivity index (χ0v) is 35.2. The van der Waals surface area contributed by atoms with Gasteiger partial charge in [0.05, 0.1) is 21.8 Å². The van der Waals surface area contributed by atoms with Crippen molar-refractivity contribution in [3.05, 3.63) is 200 Å². The SMILES string of the molecule is c1ccc2cc(-c3ccc4c(ccc5cc(N(c6cc7sc(-c8cccc9ccccc89)nc7cn6)c6cc7sc(-c8cccc9ccccc89)nc7cn6)ccc54)c3)ccc2c1. The Balaban J connectivity index is 0.939. The first-order valence-electron chi connectivity index (χ1n) is 20.9. The highest BCUT2D eigenvalue weighted by atomic mass is 32.1. The second kappa shape index (κ2) is 14.4. The summed E-state index contributed by atoms with van der Waals surface area (Å²) in [5.41, 5.74) is 7.36. The number of aromatic nitrogens is 4. The Hall–Kier alpha value is -7.84. The molecule has 0 aliphatic rings.